The predicted molar refractivity (Wildman–Crippen MR) is 112 cm³/mol. The highest BCUT2D eigenvalue weighted by Crippen LogP contribution is 2.17. The van der Waals surface area contributed by atoms with Crippen molar-refractivity contribution in [3.63, 3.8) is 0 Å². The number of rotatable bonds is 7. The minimum absolute atomic E-state index is 0.152. The average molecular weight is 360 g/mol. The number of nitrogens with one attached hydrogen (secondary N) is 2. The molecule has 0 aliphatic carbocycles. The third-order valence-electron chi connectivity index (χ3n) is 4.23. The van der Waals surface area contributed by atoms with Crippen LogP contribution in [0, 0.1) is 0 Å². The van der Waals surface area contributed by atoms with E-state index in [4.69, 9.17) is 0 Å². The SMILES string of the molecule is CN(C)c1ccc(NC(=O)c2ccnc(NCCc3ccccc3)c2)cc1. The van der Waals surface area contributed by atoms with Crippen LogP contribution in [0.2, 0.25) is 0 Å². The van der Waals surface area contributed by atoms with Gasteiger partial charge in [-0.25, -0.2) is 4.98 Å². The van der Waals surface area contributed by atoms with Gasteiger partial charge in [-0.3, -0.25) is 4.79 Å². The number of hydrogen-bond donors (Lipinski definition) is 2. The van der Waals surface area contributed by atoms with Crippen molar-refractivity contribution in [2.75, 3.05) is 36.2 Å². The standard InChI is InChI=1S/C22H24N4O/c1-26(2)20-10-8-19(9-11-20)25-22(27)18-13-15-24-21(16-18)23-14-12-17-6-4-3-5-7-17/h3-11,13,15-16H,12,14H2,1-2H3,(H,23,24)(H,25,27). The Morgan fingerprint density at radius 2 is 1.74 bits per heavy atom. The zero-order chi connectivity index (χ0) is 19.1. The number of aromatic nitrogens is 1. The van der Waals surface area contributed by atoms with E-state index in [1.54, 1.807) is 18.3 Å². The molecule has 0 aliphatic rings. The lowest BCUT2D eigenvalue weighted by Gasteiger charge is -2.13. The normalized spacial score (nSPS) is 10.3. The zero-order valence-corrected chi connectivity index (χ0v) is 15.6. The van der Waals surface area contributed by atoms with Crippen LogP contribution in [-0.4, -0.2) is 31.5 Å². The molecule has 1 heterocycles. The summed E-state index contributed by atoms with van der Waals surface area (Å²) in [5.41, 5.74) is 3.69. The van der Waals surface area contributed by atoms with Gasteiger partial charge in [-0.05, 0) is 48.4 Å². The minimum atomic E-state index is -0.152. The summed E-state index contributed by atoms with van der Waals surface area (Å²) in [6.45, 7) is 0.758. The second-order valence-corrected chi connectivity index (χ2v) is 6.49. The van der Waals surface area contributed by atoms with Crippen molar-refractivity contribution in [1.29, 1.82) is 0 Å². The van der Waals surface area contributed by atoms with Crippen molar-refractivity contribution in [2.45, 2.75) is 6.42 Å². The molecule has 0 atom stereocenters. The summed E-state index contributed by atoms with van der Waals surface area (Å²) < 4.78 is 0. The second-order valence-electron chi connectivity index (χ2n) is 6.49. The van der Waals surface area contributed by atoms with Gasteiger partial charge in [0.1, 0.15) is 5.82 Å². The van der Waals surface area contributed by atoms with Crippen LogP contribution in [-0.2, 0) is 6.42 Å². The van der Waals surface area contributed by atoms with Crippen molar-refractivity contribution < 1.29 is 4.79 Å². The summed E-state index contributed by atoms with van der Waals surface area (Å²) in [6.07, 6.45) is 2.55. The maximum atomic E-state index is 12.5. The fourth-order valence-electron chi connectivity index (χ4n) is 2.69. The van der Waals surface area contributed by atoms with Gasteiger partial charge >= 0.3 is 0 Å². The number of anilines is 3. The molecule has 3 rings (SSSR count). The van der Waals surface area contributed by atoms with Crippen LogP contribution in [0.1, 0.15) is 15.9 Å². The summed E-state index contributed by atoms with van der Waals surface area (Å²) in [4.78, 5) is 18.8. The van der Waals surface area contributed by atoms with Crippen molar-refractivity contribution in [3.05, 3.63) is 84.1 Å². The predicted octanol–water partition coefficient (Wildman–Crippen LogP) is 4.05. The van der Waals surface area contributed by atoms with E-state index in [0.717, 1.165) is 24.3 Å². The molecule has 0 radical (unpaired) electrons. The van der Waals surface area contributed by atoms with Crippen LogP contribution in [0.3, 0.4) is 0 Å². The number of amides is 1. The molecule has 0 saturated heterocycles. The first-order chi connectivity index (χ1) is 13.1. The first kappa shape index (κ1) is 18.5. The minimum Gasteiger partial charge on any atom is -0.378 e. The molecule has 0 bridgehead atoms. The number of carbonyl (C=O) groups excluding carboxylic acids is 1. The first-order valence-corrected chi connectivity index (χ1v) is 8.94. The molecule has 0 saturated carbocycles. The van der Waals surface area contributed by atoms with E-state index in [0.29, 0.717) is 11.4 Å². The molecular formula is C22H24N4O. The summed E-state index contributed by atoms with van der Waals surface area (Å²) in [5, 5.41) is 6.20. The van der Waals surface area contributed by atoms with E-state index in [9.17, 15) is 4.79 Å². The summed E-state index contributed by atoms with van der Waals surface area (Å²) in [6, 6.07) is 21.5. The van der Waals surface area contributed by atoms with Gasteiger partial charge in [0.25, 0.3) is 5.91 Å². The Morgan fingerprint density at radius 3 is 2.44 bits per heavy atom. The Balaban J connectivity index is 1.58. The van der Waals surface area contributed by atoms with E-state index >= 15 is 0 Å². The van der Waals surface area contributed by atoms with E-state index in [1.165, 1.54) is 5.56 Å². The molecule has 0 fully saturated rings. The molecule has 1 aromatic heterocycles. The van der Waals surface area contributed by atoms with Gasteiger partial charge in [0.15, 0.2) is 0 Å². The van der Waals surface area contributed by atoms with E-state index in [1.807, 2.05) is 61.5 Å². The van der Waals surface area contributed by atoms with Gasteiger partial charge in [0.2, 0.25) is 0 Å². The van der Waals surface area contributed by atoms with Crippen LogP contribution in [0.4, 0.5) is 17.2 Å². The highest BCUT2D eigenvalue weighted by atomic mass is 16.1. The molecule has 5 heteroatoms. The number of hydrogen-bond acceptors (Lipinski definition) is 4. The highest BCUT2D eigenvalue weighted by Gasteiger charge is 2.08. The maximum Gasteiger partial charge on any atom is 0.255 e. The third kappa shape index (κ3) is 5.31. The van der Waals surface area contributed by atoms with Crippen LogP contribution < -0.4 is 15.5 Å². The molecule has 27 heavy (non-hydrogen) atoms. The van der Waals surface area contributed by atoms with Gasteiger partial charge < -0.3 is 15.5 Å². The molecule has 5 nitrogen and oxygen atoms in total. The Hall–Kier alpha value is -3.34. The number of pyridine rings is 1. The van der Waals surface area contributed by atoms with Crippen LogP contribution in [0.25, 0.3) is 0 Å². The van der Waals surface area contributed by atoms with Gasteiger partial charge in [-0.1, -0.05) is 30.3 Å². The lowest BCUT2D eigenvalue weighted by atomic mass is 10.1. The number of nitrogens with zero attached hydrogens (tertiary/aromatic N) is 2. The molecule has 2 N–H and O–H groups in total. The Kier molecular flexibility index (Phi) is 6.05. The Labute approximate surface area is 160 Å². The fourth-order valence-corrected chi connectivity index (χ4v) is 2.69. The van der Waals surface area contributed by atoms with Crippen LogP contribution in [0.15, 0.2) is 72.9 Å². The quantitative estimate of drug-likeness (QED) is 0.667. The van der Waals surface area contributed by atoms with E-state index in [2.05, 4.69) is 27.8 Å². The largest absolute Gasteiger partial charge is 0.378 e. The molecule has 1 amide bonds. The smallest absolute Gasteiger partial charge is 0.255 e. The van der Waals surface area contributed by atoms with Gasteiger partial charge in [0, 0.05) is 43.8 Å². The zero-order valence-electron chi connectivity index (χ0n) is 15.6. The van der Waals surface area contributed by atoms with E-state index in [-0.39, 0.29) is 5.91 Å². The molecular weight excluding hydrogens is 336 g/mol. The van der Waals surface area contributed by atoms with Crippen LogP contribution in [0.5, 0.6) is 0 Å². The van der Waals surface area contributed by atoms with Gasteiger partial charge in [-0.15, -0.1) is 0 Å². The van der Waals surface area contributed by atoms with Crippen LogP contribution >= 0.6 is 0 Å². The maximum absolute atomic E-state index is 12.5. The van der Waals surface area contributed by atoms with Crippen molar-refractivity contribution in [3.8, 4) is 0 Å². The van der Waals surface area contributed by atoms with E-state index < -0.39 is 0 Å². The third-order valence-corrected chi connectivity index (χ3v) is 4.23. The highest BCUT2D eigenvalue weighted by molar-refractivity contribution is 6.04. The topological polar surface area (TPSA) is 57.3 Å². The second kappa shape index (κ2) is 8.85. The average Bonchev–Trinajstić information content (AvgIpc) is 2.69. The van der Waals surface area contributed by atoms with Crippen molar-refractivity contribution in [1.82, 2.24) is 4.98 Å². The lowest BCUT2D eigenvalue weighted by molar-refractivity contribution is 0.102. The molecule has 0 spiro atoms. The molecule has 0 unspecified atom stereocenters. The van der Waals surface area contributed by atoms with Gasteiger partial charge in [0.05, 0.1) is 0 Å². The van der Waals surface area contributed by atoms with Gasteiger partial charge in [-0.2, -0.15) is 0 Å². The molecule has 2 aromatic carbocycles. The summed E-state index contributed by atoms with van der Waals surface area (Å²) in [7, 11) is 3.97. The lowest BCUT2D eigenvalue weighted by Crippen LogP contribution is -2.14. The van der Waals surface area contributed by atoms with Crippen molar-refractivity contribution in [2.24, 2.45) is 0 Å². The summed E-state index contributed by atoms with van der Waals surface area (Å²) >= 11 is 0. The monoisotopic (exact) mass is 360 g/mol. The number of carbonyl (C=O) groups is 1. The molecule has 138 valence electrons. The fraction of sp³-hybridized carbons (Fsp3) is 0.182. The molecule has 3 aromatic rings. The number of benzene rings is 2. The first-order valence-electron chi connectivity index (χ1n) is 8.94. The summed E-state index contributed by atoms with van der Waals surface area (Å²) in [5.74, 6) is 0.544. The Bertz CT molecular complexity index is 876. The van der Waals surface area contributed by atoms with Crippen molar-refractivity contribution >= 4 is 23.1 Å². The molecule has 0 aliphatic heterocycles. The Morgan fingerprint density at radius 1 is 1.00 bits per heavy atom.